The molecule has 3 rings (SSSR count). The molecule has 1 aromatic carbocycles. The number of carbonyl (C=O) groups excluding carboxylic acids is 1. The number of fused-ring (bicyclic) bond motifs is 1. The molecule has 0 spiro atoms. The lowest BCUT2D eigenvalue weighted by Crippen LogP contribution is -2.48. The van der Waals surface area contributed by atoms with E-state index in [0.29, 0.717) is 36.3 Å². The van der Waals surface area contributed by atoms with Crippen molar-refractivity contribution in [3.8, 4) is 11.5 Å². The molecule has 2 heterocycles. The number of phenolic OH excluding ortho intramolecular Hbond substituents is 1. The first-order valence-corrected chi connectivity index (χ1v) is 8.13. The van der Waals surface area contributed by atoms with Gasteiger partial charge in [0.2, 0.25) is 5.91 Å². The molecule has 2 aromatic rings. The van der Waals surface area contributed by atoms with Gasteiger partial charge in [-0.15, -0.1) is 0 Å². The van der Waals surface area contributed by atoms with Crippen LogP contribution in [-0.4, -0.2) is 48.8 Å². The average molecular weight is 347 g/mol. The van der Waals surface area contributed by atoms with Crippen molar-refractivity contribution in [3.63, 3.8) is 0 Å². The molecule has 1 aromatic heterocycles. The molecular formula is C18H21NO6. The van der Waals surface area contributed by atoms with Gasteiger partial charge in [0.05, 0.1) is 38.3 Å². The number of aryl methyl sites for hydroxylation is 1. The Kier molecular flexibility index (Phi) is 4.67. The molecule has 1 aliphatic heterocycles. The first-order valence-electron chi connectivity index (χ1n) is 8.13. The molecular weight excluding hydrogens is 326 g/mol. The third kappa shape index (κ3) is 3.19. The lowest BCUT2D eigenvalue weighted by Gasteiger charge is -2.33. The van der Waals surface area contributed by atoms with E-state index < -0.39 is 5.63 Å². The number of hydrogen-bond acceptors (Lipinski definition) is 6. The van der Waals surface area contributed by atoms with Crippen molar-refractivity contribution >= 4 is 16.9 Å². The van der Waals surface area contributed by atoms with E-state index in [1.165, 1.54) is 13.2 Å². The number of hydrogen-bond donors (Lipinski definition) is 1. The fourth-order valence-electron chi connectivity index (χ4n) is 3.12. The Morgan fingerprint density at radius 3 is 2.88 bits per heavy atom. The fourth-order valence-corrected chi connectivity index (χ4v) is 3.12. The Morgan fingerprint density at radius 2 is 2.20 bits per heavy atom. The van der Waals surface area contributed by atoms with Crippen LogP contribution < -0.4 is 10.4 Å². The van der Waals surface area contributed by atoms with Gasteiger partial charge < -0.3 is 23.9 Å². The second-order valence-electron chi connectivity index (χ2n) is 6.20. The highest BCUT2D eigenvalue weighted by atomic mass is 16.5. The molecule has 1 N–H and O–H groups in total. The Balaban J connectivity index is 2.00. The molecule has 0 unspecified atom stereocenters. The summed E-state index contributed by atoms with van der Waals surface area (Å²) in [5.74, 6) is 0.0448. The largest absolute Gasteiger partial charge is 0.504 e. The molecule has 7 heteroatoms. The first kappa shape index (κ1) is 17.3. The van der Waals surface area contributed by atoms with Gasteiger partial charge in [-0.2, -0.15) is 0 Å². The van der Waals surface area contributed by atoms with E-state index in [1.54, 1.807) is 17.9 Å². The number of morpholine rings is 1. The summed E-state index contributed by atoms with van der Waals surface area (Å²) in [6.45, 7) is 5.19. The maximum atomic E-state index is 12.6. The number of nitrogens with zero attached hydrogens (tertiary/aromatic N) is 1. The summed E-state index contributed by atoms with van der Waals surface area (Å²) in [4.78, 5) is 26.7. The smallest absolute Gasteiger partial charge is 0.340 e. The number of rotatable bonds is 3. The minimum Gasteiger partial charge on any atom is -0.504 e. The minimum atomic E-state index is -0.566. The van der Waals surface area contributed by atoms with Crippen molar-refractivity contribution in [3.05, 3.63) is 33.7 Å². The van der Waals surface area contributed by atoms with E-state index in [4.69, 9.17) is 13.9 Å². The van der Waals surface area contributed by atoms with Crippen LogP contribution in [0.2, 0.25) is 0 Å². The summed E-state index contributed by atoms with van der Waals surface area (Å²) in [6.07, 6.45) is -0.0301. The molecule has 0 radical (unpaired) electrons. The van der Waals surface area contributed by atoms with Crippen LogP contribution in [-0.2, 0) is 16.0 Å². The van der Waals surface area contributed by atoms with Crippen LogP contribution in [0.5, 0.6) is 11.5 Å². The van der Waals surface area contributed by atoms with Crippen molar-refractivity contribution in [1.29, 1.82) is 0 Å². The van der Waals surface area contributed by atoms with Crippen molar-refractivity contribution in [2.24, 2.45) is 0 Å². The monoisotopic (exact) mass is 347 g/mol. The second-order valence-corrected chi connectivity index (χ2v) is 6.20. The SMILES string of the molecule is COc1cc2c(C)c(CC(=O)N3CCOC[C@H]3C)c(=O)oc2cc1O. The Labute approximate surface area is 144 Å². The molecule has 1 aliphatic rings. The zero-order valence-electron chi connectivity index (χ0n) is 14.5. The number of carbonyl (C=O) groups is 1. The van der Waals surface area contributed by atoms with Gasteiger partial charge in [-0.25, -0.2) is 4.79 Å². The van der Waals surface area contributed by atoms with Crippen molar-refractivity contribution in [1.82, 2.24) is 4.90 Å². The van der Waals surface area contributed by atoms with E-state index in [9.17, 15) is 14.7 Å². The predicted molar refractivity (Wildman–Crippen MR) is 91.1 cm³/mol. The van der Waals surface area contributed by atoms with Gasteiger partial charge in [0.25, 0.3) is 0 Å². The normalized spacial score (nSPS) is 17.7. The molecule has 134 valence electrons. The summed E-state index contributed by atoms with van der Waals surface area (Å²) >= 11 is 0. The highest BCUT2D eigenvalue weighted by Gasteiger charge is 2.26. The molecule has 7 nitrogen and oxygen atoms in total. The number of phenols is 1. The van der Waals surface area contributed by atoms with Crippen molar-refractivity contribution < 1.29 is 23.8 Å². The van der Waals surface area contributed by atoms with E-state index in [-0.39, 0.29) is 35.5 Å². The Bertz CT molecular complexity index is 872. The van der Waals surface area contributed by atoms with Crippen LogP contribution >= 0.6 is 0 Å². The fraction of sp³-hybridized carbons (Fsp3) is 0.444. The second kappa shape index (κ2) is 6.76. The van der Waals surface area contributed by atoms with E-state index in [1.807, 2.05) is 6.92 Å². The number of methoxy groups -OCH3 is 1. The van der Waals surface area contributed by atoms with Gasteiger partial charge in [-0.05, 0) is 25.5 Å². The lowest BCUT2D eigenvalue weighted by molar-refractivity contribution is -0.138. The molecule has 1 atom stereocenters. The van der Waals surface area contributed by atoms with E-state index in [2.05, 4.69) is 0 Å². The topological polar surface area (TPSA) is 89.2 Å². The third-order valence-electron chi connectivity index (χ3n) is 4.60. The predicted octanol–water partition coefficient (Wildman–Crippen LogP) is 1.61. The maximum absolute atomic E-state index is 12.6. The Hall–Kier alpha value is -2.54. The summed E-state index contributed by atoms with van der Waals surface area (Å²) in [7, 11) is 1.44. The molecule has 1 saturated heterocycles. The summed E-state index contributed by atoms with van der Waals surface area (Å²) < 4.78 is 15.8. The molecule has 1 fully saturated rings. The van der Waals surface area contributed by atoms with E-state index in [0.717, 1.165) is 0 Å². The van der Waals surface area contributed by atoms with Crippen LogP contribution in [0.4, 0.5) is 0 Å². The van der Waals surface area contributed by atoms with Crippen LogP contribution in [0.3, 0.4) is 0 Å². The summed E-state index contributed by atoms with van der Waals surface area (Å²) in [5.41, 5.74) is 0.670. The summed E-state index contributed by atoms with van der Waals surface area (Å²) in [5, 5.41) is 10.5. The molecule has 25 heavy (non-hydrogen) atoms. The molecule has 1 amide bonds. The van der Waals surface area contributed by atoms with Gasteiger partial charge in [0.1, 0.15) is 5.58 Å². The van der Waals surface area contributed by atoms with Crippen LogP contribution in [0.25, 0.3) is 11.0 Å². The van der Waals surface area contributed by atoms with Crippen molar-refractivity contribution in [2.75, 3.05) is 26.9 Å². The van der Waals surface area contributed by atoms with Gasteiger partial charge in [0, 0.05) is 18.0 Å². The third-order valence-corrected chi connectivity index (χ3v) is 4.60. The standard InChI is InChI=1S/C18H21NO6/c1-10-9-24-5-4-19(10)17(21)7-13-11(2)12-6-16(23-3)14(20)8-15(12)25-18(13)22/h6,8,10,20H,4-5,7,9H2,1-3H3/t10-/m1/s1. The molecule has 0 saturated carbocycles. The number of aromatic hydroxyl groups is 1. The Morgan fingerprint density at radius 1 is 1.44 bits per heavy atom. The lowest BCUT2D eigenvalue weighted by atomic mass is 10.0. The van der Waals surface area contributed by atoms with Gasteiger partial charge in [-0.3, -0.25) is 4.79 Å². The summed E-state index contributed by atoms with van der Waals surface area (Å²) in [6, 6.07) is 2.93. The maximum Gasteiger partial charge on any atom is 0.340 e. The number of benzene rings is 1. The van der Waals surface area contributed by atoms with E-state index >= 15 is 0 Å². The van der Waals surface area contributed by atoms with Crippen LogP contribution in [0, 0.1) is 6.92 Å². The first-order chi connectivity index (χ1) is 11.9. The number of ether oxygens (including phenoxy) is 2. The molecule has 0 bridgehead atoms. The van der Waals surface area contributed by atoms with Crippen LogP contribution in [0.1, 0.15) is 18.1 Å². The van der Waals surface area contributed by atoms with Crippen molar-refractivity contribution in [2.45, 2.75) is 26.3 Å². The minimum absolute atomic E-state index is 0.0221. The highest BCUT2D eigenvalue weighted by molar-refractivity contribution is 5.87. The molecule has 0 aliphatic carbocycles. The van der Waals surface area contributed by atoms with Gasteiger partial charge in [0.15, 0.2) is 11.5 Å². The highest BCUT2D eigenvalue weighted by Crippen LogP contribution is 2.32. The number of amides is 1. The van der Waals surface area contributed by atoms with Gasteiger partial charge in [-0.1, -0.05) is 0 Å². The average Bonchev–Trinajstić information content (AvgIpc) is 2.58. The quantitative estimate of drug-likeness (QED) is 0.849. The zero-order valence-corrected chi connectivity index (χ0v) is 14.5. The zero-order chi connectivity index (χ0) is 18.1. The van der Waals surface area contributed by atoms with Gasteiger partial charge >= 0.3 is 5.63 Å². The van der Waals surface area contributed by atoms with Crippen LogP contribution in [0.15, 0.2) is 21.3 Å².